The van der Waals surface area contributed by atoms with Crippen LogP contribution >= 0.6 is 11.6 Å². The molecule has 100 valence electrons. The third-order valence-corrected chi connectivity index (χ3v) is 6.52. The van der Waals surface area contributed by atoms with Gasteiger partial charge >= 0.3 is 0 Å². The van der Waals surface area contributed by atoms with Crippen LogP contribution in [0.5, 0.6) is 0 Å². The number of hydrogen-bond donors (Lipinski definition) is 0. The first-order valence-electron chi connectivity index (χ1n) is 6.45. The van der Waals surface area contributed by atoms with Crippen LogP contribution in [0.2, 0.25) is 5.02 Å². The van der Waals surface area contributed by atoms with E-state index in [9.17, 15) is 8.42 Å². The summed E-state index contributed by atoms with van der Waals surface area (Å²) in [6.45, 7) is 0. The minimum absolute atomic E-state index is 0.208. The standard InChI is InChI=1S/C14H14ClNO2S/c15-14-6-10(5-4-9(14)7-16)19(17,18)8-13-11-2-1-3-12(11)13/h4-6,11-13H,1-3,8H2. The highest BCUT2D eigenvalue weighted by Crippen LogP contribution is 2.58. The summed E-state index contributed by atoms with van der Waals surface area (Å²) in [6.07, 6.45) is 3.60. The second kappa shape index (κ2) is 4.50. The first-order chi connectivity index (χ1) is 9.03. The van der Waals surface area contributed by atoms with Crippen LogP contribution in [0.4, 0.5) is 0 Å². The fourth-order valence-corrected chi connectivity index (χ4v) is 5.40. The normalized spacial score (nSPS) is 28.7. The lowest BCUT2D eigenvalue weighted by atomic mass is 10.2. The Bertz CT molecular complexity index is 653. The van der Waals surface area contributed by atoms with E-state index in [1.807, 2.05) is 6.07 Å². The summed E-state index contributed by atoms with van der Waals surface area (Å²) in [5.74, 6) is 1.82. The zero-order valence-electron chi connectivity index (χ0n) is 10.3. The number of halogens is 1. The Morgan fingerprint density at radius 1 is 1.32 bits per heavy atom. The van der Waals surface area contributed by atoms with Gasteiger partial charge in [0.25, 0.3) is 0 Å². The Morgan fingerprint density at radius 3 is 2.58 bits per heavy atom. The van der Waals surface area contributed by atoms with Crippen LogP contribution in [0, 0.1) is 29.1 Å². The highest BCUT2D eigenvalue weighted by Gasteiger charge is 2.53. The maximum atomic E-state index is 12.3. The third-order valence-electron chi connectivity index (χ3n) is 4.42. The van der Waals surface area contributed by atoms with Gasteiger partial charge < -0.3 is 0 Å². The summed E-state index contributed by atoms with van der Waals surface area (Å²) in [5, 5.41) is 9.00. The summed E-state index contributed by atoms with van der Waals surface area (Å²) < 4.78 is 24.6. The van der Waals surface area contributed by atoms with E-state index in [0.717, 1.165) is 0 Å². The van der Waals surface area contributed by atoms with Gasteiger partial charge in [0.1, 0.15) is 6.07 Å². The van der Waals surface area contributed by atoms with Crippen LogP contribution in [0.3, 0.4) is 0 Å². The van der Waals surface area contributed by atoms with E-state index in [-0.39, 0.29) is 15.7 Å². The molecule has 0 aliphatic heterocycles. The van der Waals surface area contributed by atoms with Crippen LogP contribution < -0.4 is 0 Å². The topological polar surface area (TPSA) is 57.9 Å². The second-order valence-corrected chi connectivity index (χ2v) is 7.90. The Labute approximate surface area is 118 Å². The van der Waals surface area contributed by atoms with E-state index in [1.165, 1.54) is 37.5 Å². The molecule has 1 aromatic carbocycles. The van der Waals surface area contributed by atoms with Crippen LogP contribution in [0.15, 0.2) is 23.1 Å². The Balaban J connectivity index is 1.81. The van der Waals surface area contributed by atoms with Gasteiger partial charge in [0.05, 0.1) is 21.2 Å². The molecule has 2 saturated carbocycles. The maximum absolute atomic E-state index is 12.3. The zero-order valence-corrected chi connectivity index (χ0v) is 11.9. The summed E-state index contributed by atoms with van der Waals surface area (Å²) >= 11 is 5.90. The molecule has 0 aromatic heterocycles. The van der Waals surface area contributed by atoms with Crippen molar-refractivity contribution in [3.8, 4) is 6.07 Å². The molecule has 0 saturated heterocycles. The number of hydrogen-bond acceptors (Lipinski definition) is 3. The molecule has 19 heavy (non-hydrogen) atoms. The molecular weight excluding hydrogens is 282 g/mol. The van der Waals surface area contributed by atoms with E-state index < -0.39 is 9.84 Å². The highest BCUT2D eigenvalue weighted by atomic mass is 35.5. The molecule has 0 spiro atoms. The Morgan fingerprint density at radius 2 is 2.00 bits per heavy atom. The monoisotopic (exact) mass is 295 g/mol. The van der Waals surface area contributed by atoms with Crippen LogP contribution in [0.25, 0.3) is 0 Å². The number of sulfone groups is 1. The van der Waals surface area contributed by atoms with Crippen molar-refractivity contribution in [3.05, 3.63) is 28.8 Å². The summed E-state index contributed by atoms with van der Waals surface area (Å²) in [5.41, 5.74) is 0.309. The molecule has 2 aliphatic rings. The number of benzene rings is 1. The van der Waals surface area contributed by atoms with Gasteiger partial charge in [-0.25, -0.2) is 8.42 Å². The highest BCUT2D eigenvalue weighted by molar-refractivity contribution is 7.91. The van der Waals surface area contributed by atoms with Crippen molar-refractivity contribution >= 4 is 21.4 Å². The van der Waals surface area contributed by atoms with Crippen LogP contribution in [-0.2, 0) is 9.84 Å². The SMILES string of the molecule is N#Cc1ccc(S(=O)(=O)CC2C3CCCC32)cc1Cl. The average molecular weight is 296 g/mol. The van der Waals surface area contributed by atoms with Crippen molar-refractivity contribution in [2.24, 2.45) is 17.8 Å². The van der Waals surface area contributed by atoms with Crippen molar-refractivity contribution in [2.75, 3.05) is 5.75 Å². The van der Waals surface area contributed by atoms with E-state index in [0.29, 0.717) is 23.3 Å². The lowest BCUT2D eigenvalue weighted by Gasteiger charge is -2.07. The van der Waals surface area contributed by atoms with Gasteiger partial charge in [0.15, 0.2) is 9.84 Å². The summed E-state index contributed by atoms with van der Waals surface area (Å²) in [6, 6.07) is 6.29. The van der Waals surface area contributed by atoms with Gasteiger partial charge in [-0.15, -0.1) is 0 Å². The Hall–Kier alpha value is -1.05. The van der Waals surface area contributed by atoms with Crippen molar-refractivity contribution < 1.29 is 8.42 Å². The molecule has 0 heterocycles. The molecule has 0 radical (unpaired) electrons. The zero-order chi connectivity index (χ0) is 13.6. The molecule has 2 aliphatic carbocycles. The quantitative estimate of drug-likeness (QED) is 0.861. The van der Waals surface area contributed by atoms with Crippen molar-refractivity contribution in [2.45, 2.75) is 24.2 Å². The lowest BCUT2D eigenvalue weighted by Crippen LogP contribution is -2.11. The second-order valence-electron chi connectivity index (χ2n) is 5.46. The van der Waals surface area contributed by atoms with Gasteiger partial charge in [-0.2, -0.15) is 5.26 Å². The molecule has 0 N–H and O–H groups in total. The largest absolute Gasteiger partial charge is 0.224 e. The van der Waals surface area contributed by atoms with Crippen LogP contribution in [0.1, 0.15) is 24.8 Å². The van der Waals surface area contributed by atoms with E-state index >= 15 is 0 Å². The smallest absolute Gasteiger partial charge is 0.178 e. The molecule has 3 rings (SSSR count). The van der Waals surface area contributed by atoms with Gasteiger partial charge in [-0.1, -0.05) is 18.0 Å². The van der Waals surface area contributed by atoms with Gasteiger partial charge in [0.2, 0.25) is 0 Å². The number of rotatable bonds is 3. The minimum Gasteiger partial charge on any atom is -0.224 e. The third kappa shape index (κ3) is 2.26. The molecule has 2 unspecified atom stereocenters. The van der Waals surface area contributed by atoms with E-state index in [4.69, 9.17) is 16.9 Å². The molecule has 1 aromatic rings. The van der Waals surface area contributed by atoms with Crippen molar-refractivity contribution in [1.82, 2.24) is 0 Å². The first kappa shape index (κ1) is 13.0. The molecule has 0 amide bonds. The average Bonchev–Trinajstić information content (AvgIpc) is 2.82. The maximum Gasteiger partial charge on any atom is 0.178 e. The minimum atomic E-state index is -3.28. The number of nitriles is 1. The predicted molar refractivity (Wildman–Crippen MR) is 72.5 cm³/mol. The summed E-state index contributed by atoms with van der Waals surface area (Å²) in [7, 11) is -3.28. The lowest BCUT2D eigenvalue weighted by molar-refractivity contribution is 0.573. The van der Waals surface area contributed by atoms with Gasteiger partial charge in [-0.3, -0.25) is 0 Å². The van der Waals surface area contributed by atoms with Crippen molar-refractivity contribution in [1.29, 1.82) is 5.26 Å². The summed E-state index contributed by atoms with van der Waals surface area (Å²) in [4.78, 5) is 0.237. The molecular formula is C14H14ClNO2S. The first-order valence-corrected chi connectivity index (χ1v) is 8.48. The molecule has 3 nitrogen and oxygen atoms in total. The molecule has 2 atom stereocenters. The van der Waals surface area contributed by atoms with Crippen LogP contribution in [-0.4, -0.2) is 14.2 Å². The van der Waals surface area contributed by atoms with E-state index in [2.05, 4.69) is 0 Å². The molecule has 5 heteroatoms. The number of nitrogens with zero attached hydrogens (tertiary/aromatic N) is 1. The van der Waals surface area contributed by atoms with E-state index in [1.54, 1.807) is 0 Å². The predicted octanol–water partition coefficient (Wildman–Crippen LogP) is 3.03. The Kier molecular flexibility index (Phi) is 3.07. The molecule has 0 bridgehead atoms. The molecule has 2 fully saturated rings. The fraction of sp³-hybridized carbons (Fsp3) is 0.500. The fourth-order valence-electron chi connectivity index (χ4n) is 3.35. The number of fused-ring (bicyclic) bond motifs is 1. The van der Waals surface area contributed by atoms with Crippen molar-refractivity contribution in [3.63, 3.8) is 0 Å². The van der Waals surface area contributed by atoms with Gasteiger partial charge in [0, 0.05) is 0 Å². The van der Waals surface area contributed by atoms with Gasteiger partial charge in [-0.05, 0) is 48.8 Å².